The number of nitrogen functional groups attached to an aromatic ring is 1. The fourth-order valence-corrected chi connectivity index (χ4v) is 4.02. The fraction of sp³-hybridized carbons (Fsp3) is 0.214. The van der Waals surface area contributed by atoms with E-state index in [9.17, 15) is 14.4 Å². The maximum absolute atomic E-state index is 12.5. The second-order valence-electron chi connectivity index (χ2n) is 4.99. The molecule has 3 aromatic rings. The Bertz CT molecular complexity index is 1070. The summed E-state index contributed by atoms with van der Waals surface area (Å²) in [6.07, 6.45) is 1.43. The van der Waals surface area contributed by atoms with Gasteiger partial charge in [-0.05, 0) is 11.4 Å². The average molecular weight is 363 g/mol. The molecule has 0 aliphatic heterocycles. The van der Waals surface area contributed by atoms with Crippen molar-refractivity contribution < 1.29 is 4.79 Å². The van der Waals surface area contributed by atoms with Crippen LogP contribution < -0.4 is 17.0 Å². The molecule has 124 valence electrons. The standard InChI is InChI=1S/C14H13N5O3S2/c1-18-11(15)9(13(21)19(2)14(18)22)8(20)5-24-12-10-7(3-4-23-10)16-6-17-12/h3-4,6H,5,15H2,1-2H3. The maximum Gasteiger partial charge on any atom is 0.332 e. The minimum atomic E-state index is -0.690. The molecule has 0 aromatic carbocycles. The highest BCUT2D eigenvalue weighted by Crippen LogP contribution is 2.29. The van der Waals surface area contributed by atoms with Gasteiger partial charge in [0, 0.05) is 14.1 Å². The van der Waals surface area contributed by atoms with Gasteiger partial charge in [0.1, 0.15) is 22.7 Å². The smallest absolute Gasteiger partial charge is 0.332 e. The van der Waals surface area contributed by atoms with Crippen LogP contribution in [-0.4, -0.2) is 30.6 Å². The first kappa shape index (κ1) is 16.4. The third-order valence-electron chi connectivity index (χ3n) is 3.54. The topological polar surface area (TPSA) is 113 Å². The second-order valence-corrected chi connectivity index (χ2v) is 6.87. The molecule has 0 unspecified atom stereocenters. The number of carbonyl (C=O) groups is 1. The molecule has 0 spiro atoms. The monoisotopic (exact) mass is 363 g/mol. The quantitative estimate of drug-likeness (QED) is 0.411. The number of nitrogens with two attached hydrogens (primary N) is 1. The molecule has 3 rings (SSSR count). The van der Waals surface area contributed by atoms with Gasteiger partial charge in [-0.15, -0.1) is 11.3 Å². The number of carbonyl (C=O) groups excluding carboxylic acids is 1. The van der Waals surface area contributed by atoms with E-state index < -0.39 is 17.0 Å². The Balaban J connectivity index is 1.93. The van der Waals surface area contributed by atoms with E-state index in [0.717, 1.165) is 19.4 Å². The molecule has 2 N–H and O–H groups in total. The molecule has 3 aromatic heterocycles. The van der Waals surface area contributed by atoms with E-state index in [-0.39, 0.29) is 17.1 Å². The highest BCUT2D eigenvalue weighted by atomic mass is 32.2. The van der Waals surface area contributed by atoms with Crippen LogP contribution in [0, 0.1) is 0 Å². The lowest BCUT2D eigenvalue weighted by molar-refractivity contribution is 0.102. The van der Waals surface area contributed by atoms with Crippen molar-refractivity contribution in [2.45, 2.75) is 5.03 Å². The van der Waals surface area contributed by atoms with Gasteiger partial charge in [-0.1, -0.05) is 11.8 Å². The number of ketones is 1. The lowest BCUT2D eigenvalue weighted by Crippen LogP contribution is -2.41. The predicted octanol–water partition coefficient (Wildman–Crippen LogP) is 0.646. The Labute approximate surface area is 144 Å². The Morgan fingerprint density at radius 2 is 2.04 bits per heavy atom. The summed E-state index contributed by atoms with van der Waals surface area (Å²) in [7, 11) is 2.73. The Morgan fingerprint density at radius 1 is 1.29 bits per heavy atom. The zero-order valence-electron chi connectivity index (χ0n) is 12.8. The first-order chi connectivity index (χ1) is 11.4. The molecule has 0 amide bonds. The van der Waals surface area contributed by atoms with Gasteiger partial charge in [0.2, 0.25) is 0 Å². The summed E-state index contributed by atoms with van der Waals surface area (Å²) in [6.45, 7) is 0. The van der Waals surface area contributed by atoms with Crippen LogP contribution in [0.3, 0.4) is 0 Å². The van der Waals surface area contributed by atoms with Gasteiger partial charge in [0.25, 0.3) is 5.56 Å². The van der Waals surface area contributed by atoms with Crippen LogP contribution in [0.1, 0.15) is 10.4 Å². The normalized spacial score (nSPS) is 11.1. The summed E-state index contributed by atoms with van der Waals surface area (Å²) in [5, 5.41) is 2.56. The summed E-state index contributed by atoms with van der Waals surface area (Å²) in [5.74, 6) is -0.587. The van der Waals surface area contributed by atoms with Crippen molar-refractivity contribution >= 4 is 44.9 Å². The maximum atomic E-state index is 12.5. The number of hydrogen-bond acceptors (Lipinski definition) is 8. The molecule has 3 heterocycles. The molecule has 0 atom stereocenters. The molecule has 0 radical (unpaired) electrons. The van der Waals surface area contributed by atoms with Crippen molar-refractivity contribution in [3.63, 3.8) is 0 Å². The van der Waals surface area contributed by atoms with Crippen LogP contribution in [0.4, 0.5) is 5.82 Å². The largest absolute Gasteiger partial charge is 0.384 e. The number of nitrogens with zero attached hydrogens (tertiary/aromatic N) is 4. The van der Waals surface area contributed by atoms with Crippen LogP contribution >= 0.6 is 23.1 Å². The molecule has 10 heteroatoms. The summed E-state index contributed by atoms with van der Waals surface area (Å²) in [6, 6.07) is 1.87. The summed E-state index contributed by atoms with van der Waals surface area (Å²) in [5.41, 5.74) is 5.16. The van der Waals surface area contributed by atoms with Crippen molar-refractivity contribution in [3.8, 4) is 0 Å². The van der Waals surface area contributed by atoms with Gasteiger partial charge in [-0.3, -0.25) is 18.7 Å². The van der Waals surface area contributed by atoms with Crippen molar-refractivity contribution in [2.75, 3.05) is 11.5 Å². The first-order valence-electron chi connectivity index (χ1n) is 6.81. The van der Waals surface area contributed by atoms with Crippen molar-refractivity contribution in [3.05, 3.63) is 44.2 Å². The number of hydrogen-bond donors (Lipinski definition) is 1. The summed E-state index contributed by atoms with van der Waals surface area (Å²) in [4.78, 5) is 44.8. The van der Waals surface area contributed by atoms with E-state index in [1.165, 1.54) is 43.5 Å². The number of Topliss-reactive ketones (excluding diaryl/α,β-unsaturated/α-hetero) is 1. The van der Waals surface area contributed by atoms with Crippen molar-refractivity contribution in [2.24, 2.45) is 14.1 Å². The molecule has 0 bridgehead atoms. The Kier molecular flexibility index (Phi) is 4.24. The van der Waals surface area contributed by atoms with Gasteiger partial charge >= 0.3 is 5.69 Å². The van der Waals surface area contributed by atoms with E-state index in [1.54, 1.807) is 0 Å². The molecule has 0 saturated heterocycles. The van der Waals surface area contributed by atoms with Crippen LogP contribution in [0.2, 0.25) is 0 Å². The molecule has 0 aliphatic carbocycles. The number of thiophene rings is 1. The van der Waals surface area contributed by atoms with Crippen LogP contribution in [0.25, 0.3) is 10.2 Å². The summed E-state index contributed by atoms with van der Waals surface area (Å²) < 4.78 is 2.84. The third-order valence-corrected chi connectivity index (χ3v) is 5.57. The van der Waals surface area contributed by atoms with Crippen LogP contribution in [-0.2, 0) is 14.1 Å². The molecular weight excluding hydrogens is 350 g/mol. The van der Waals surface area contributed by atoms with Gasteiger partial charge in [0.15, 0.2) is 5.78 Å². The number of fused-ring (bicyclic) bond motifs is 1. The lowest BCUT2D eigenvalue weighted by atomic mass is 10.2. The Morgan fingerprint density at radius 3 is 2.79 bits per heavy atom. The molecular formula is C14H13N5O3S2. The number of rotatable bonds is 4. The predicted molar refractivity (Wildman–Crippen MR) is 93.8 cm³/mol. The first-order valence-corrected chi connectivity index (χ1v) is 8.68. The van der Waals surface area contributed by atoms with Crippen molar-refractivity contribution in [1.29, 1.82) is 0 Å². The molecule has 0 aliphatic rings. The second kappa shape index (κ2) is 6.21. The van der Waals surface area contributed by atoms with E-state index in [1.807, 2.05) is 11.4 Å². The minimum Gasteiger partial charge on any atom is -0.384 e. The van der Waals surface area contributed by atoms with Gasteiger partial charge in [-0.2, -0.15) is 0 Å². The molecule has 24 heavy (non-hydrogen) atoms. The van der Waals surface area contributed by atoms with Gasteiger partial charge in [0.05, 0.1) is 16.0 Å². The zero-order chi connectivity index (χ0) is 17.4. The molecule has 0 fully saturated rings. The molecule has 0 saturated carbocycles. The average Bonchev–Trinajstić information content (AvgIpc) is 3.05. The van der Waals surface area contributed by atoms with Crippen molar-refractivity contribution in [1.82, 2.24) is 19.1 Å². The van der Waals surface area contributed by atoms with Gasteiger partial charge in [-0.25, -0.2) is 14.8 Å². The van der Waals surface area contributed by atoms with E-state index in [0.29, 0.717) is 5.03 Å². The SMILES string of the molecule is Cn1c(N)c(C(=O)CSc2ncnc3ccsc23)c(=O)n(C)c1=O. The van der Waals surface area contributed by atoms with E-state index in [2.05, 4.69) is 9.97 Å². The van der Waals surface area contributed by atoms with Crippen LogP contribution in [0.15, 0.2) is 32.4 Å². The van der Waals surface area contributed by atoms with E-state index >= 15 is 0 Å². The lowest BCUT2D eigenvalue weighted by Gasteiger charge is -2.10. The highest BCUT2D eigenvalue weighted by Gasteiger charge is 2.20. The fourth-order valence-electron chi connectivity index (χ4n) is 2.20. The highest BCUT2D eigenvalue weighted by molar-refractivity contribution is 8.00. The summed E-state index contributed by atoms with van der Waals surface area (Å²) >= 11 is 2.69. The van der Waals surface area contributed by atoms with E-state index in [4.69, 9.17) is 5.73 Å². The third kappa shape index (κ3) is 2.63. The minimum absolute atomic E-state index is 0.0122. The number of anilines is 1. The molecule has 8 nitrogen and oxygen atoms in total. The van der Waals surface area contributed by atoms with Crippen LogP contribution in [0.5, 0.6) is 0 Å². The number of thioether (sulfide) groups is 1. The zero-order valence-corrected chi connectivity index (χ0v) is 14.5. The van der Waals surface area contributed by atoms with Gasteiger partial charge < -0.3 is 5.73 Å². The number of aromatic nitrogens is 4. The Hall–Kier alpha value is -2.46.